The summed E-state index contributed by atoms with van der Waals surface area (Å²) in [6.45, 7) is 10.2. The van der Waals surface area contributed by atoms with Crippen molar-refractivity contribution < 1.29 is 4.74 Å². The molecule has 0 saturated heterocycles. The summed E-state index contributed by atoms with van der Waals surface area (Å²) in [5, 5.41) is 3.69. The molecule has 2 nitrogen and oxygen atoms in total. The first-order valence-electron chi connectivity index (χ1n) is 7.45. The summed E-state index contributed by atoms with van der Waals surface area (Å²) in [5.41, 5.74) is 1.31. The maximum atomic E-state index is 5.45. The summed E-state index contributed by atoms with van der Waals surface area (Å²) in [5.74, 6) is 2.26. The third-order valence-corrected chi connectivity index (χ3v) is 3.70. The van der Waals surface area contributed by atoms with Crippen molar-refractivity contribution in [3.8, 4) is 5.75 Å². The van der Waals surface area contributed by atoms with Gasteiger partial charge < -0.3 is 10.1 Å². The molecule has 0 heterocycles. The van der Waals surface area contributed by atoms with Crippen molar-refractivity contribution in [3.05, 3.63) is 29.8 Å². The lowest BCUT2D eigenvalue weighted by Crippen LogP contribution is -2.40. The first kappa shape index (κ1) is 16.0. The van der Waals surface area contributed by atoms with E-state index in [1.165, 1.54) is 12.0 Å². The lowest BCUT2D eigenvalue weighted by molar-refractivity contribution is 0.295. The molecule has 0 aliphatic rings. The fraction of sp³-hybridized carbons (Fsp3) is 0.647. The average Bonchev–Trinajstić information content (AvgIpc) is 2.39. The third kappa shape index (κ3) is 4.87. The van der Waals surface area contributed by atoms with Gasteiger partial charge in [0.2, 0.25) is 0 Å². The molecule has 1 N–H and O–H groups in total. The van der Waals surface area contributed by atoms with Crippen LogP contribution in [-0.4, -0.2) is 19.7 Å². The smallest absolute Gasteiger partial charge is 0.122 e. The van der Waals surface area contributed by atoms with E-state index in [1.807, 2.05) is 12.1 Å². The van der Waals surface area contributed by atoms with Crippen molar-refractivity contribution in [2.45, 2.75) is 46.6 Å². The maximum absolute atomic E-state index is 5.45. The number of para-hydroxylation sites is 1. The van der Waals surface area contributed by atoms with Gasteiger partial charge in [-0.05, 0) is 42.9 Å². The fourth-order valence-electron chi connectivity index (χ4n) is 2.75. The molecule has 0 fully saturated rings. The van der Waals surface area contributed by atoms with Crippen molar-refractivity contribution >= 4 is 0 Å². The topological polar surface area (TPSA) is 21.3 Å². The second-order valence-corrected chi connectivity index (χ2v) is 5.72. The summed E-state index contributed by atoms with van der Waals surface area (Å²) in [4.78, 5) is 0. The van der Waals surface area contributed by atoms with E-state index in [0.717, 1.165) is 18.7 Å². The average molecular weight is 263 g/mol. The Labute approximate surface area is 118 Å². The highest BCUT2D eigenvalue weighted by molar-refractivity contribution is 5.33. The molecule has 108 valence electrons. The second kappa shape index (κ2) is 8.21. The molecule has 0 spiro atoms. The highest BCUT2D eigenvalue weighted by atomic mass is 16.5. The highest BCUT2D eigenvalue weighted by Crippen LogP contribution is 2.24. The molecule has 19 heavy (non-hydrogen) atoms. The zero-order valence-electron chi connectivity index (χ0n) is 13.1. The minimum absolute atomic E-state index is 0.560. The summed E-state index contributed by atoms with van der Waals surface area (Å²) in [7, 11) is 1.75. The third-order valence-electron chi connectivity index (χ3n) is 3.70. The van der Waals surface area contributed by atoms with Crippen molar-refractivity contribution in [1.82, 2.24) is 5.32 Å². The standard InChI is InChI=1S/C17H29NO/c1-6-11-18-17(13(2)3)14(4)12-15-9-7-8-10-16(15)19-5/h7-10,13-14,17-18H,6,11-12H2,1-5H3. The van der Waals surface area contributed by atoms with Gasteiger partial charge in [0, 0.05) is 6.04 Å². The van der Waals surface area contributed by atoms with E-state index in [4.69, 9.17) is 4.74 Å². The summed E-state index contributed by atoms with van der Waals surface area (Å²) in [6.07, 6.45) is 2.24. The molecule has 0 saturated carbocycles. The van der Waals surface area contributed by atoms with Crippen LogP contribution in [0.2, 0.25) is 0 Å². The highest BCUT2D eigenvalue weighted by Gasteiger charge is 2.21. The van der Waals surface area contributed by atoms with Crippen LogP contribution in [-0.2, 0) is 6.42 Å². The molecule has 1 rings (SSSR count). The molecule has 0 radical (unpaired) electrons. The number of nitrogens with one attached hydrogen (secondary N) is 1. The zero-order chi connectivity index (χ0) is 14.3. The van der Waals surface area contributed by atoms with E-state index in [-0.39, 0.29) is 0 Å². The van der Waals surface area contributed by atoms with Crippen LogP contribution in [0.3, 0.4) is 0 Å². The van der Waals surface area contributed by atoms with Gasteiger partial charge in [-0.2, -0.15) is 0 Å². The molecule has 0 bridgehead atoms. The Morgan fingerprint density at radius 3 is 2.42 bits per heavy atom. The zero-order valence-corrected chi connectivity index (χ0v) is 13.1. The minimum Gasteiger partial charge on any atom is -0.496 e. The van der Waals surface area contributed by atoms with Crippen LogP contribution in [0, 0.1) is 11.8 Å². The van der Waals surface area contributed by atoms with Crippen molar-refractivity contribution in [1.29, 1.82) is 0 Å². The van der Waals surface area contributed by atoms with Gasteiger partial charge in [-0.25, -0.2) is 0 Å². The van der Waals surface area contributed by atoms with Gasteiger partial charge in [0.25, 0.3) is 0 Å². The Kier molecular flexibility index (Phi) is 6.93. The molecule has 2 heteroatoms. The van der Waals surface area contributed by atoms with Crippen molar-refractivity contribution in [2.75, 3.05) is 13.7 Å². The second-order valence-electron chi connectivity index (χ2n) is 5.72. The van der Waals surface area contributed by atoms with Gasteiger partial charge in [0.05, 0.1) is 7.11 Å². The number of hydrogen-bond donors (Lipinski definition) is 1. The lowest BCUT2D eigenvalue weighted by atomic mass is 9.87. The Morgan fingerprint density at radius 2 is 1.84 bits per heavy atom. The molecule has 0 aliphatic heterocycles. The van der Waals surface area contributed by atoms with Crippen LogP contribution in [0.15, 0.2) is 24.3 Å². The van der Waals surface area contributed by atoms with Crippen LogP contribution in [0.25, 0.3) is 0 Å². The van der Waals surface area contributed by atoms with Crippen LogP contribution >= 0.6 is 0 Å². The van der Waals surface area contributed by atoms with Gasteiger partial charge in [0.15, 0.2) is 0 Å². The van der Waals surface area contributed by atoms with Gasteiger partial charge in [-0.15, -0.1) is 0 Å². The monoisotopic (exact) mass is 263 g/mol. The van der Waals surface area contributed by atoms with Gasteiger partial charge in [-0.3, -0.25) is 0 Å². The van der Waals surface area contributed by atoms with E-state index < -0.39 is 0 Å². The number of rotatable bonds is 8. The minimum atomic E-state index is 0.560. The molecule has 0 aromatic heterocycles. The van der Waals surface area contributed by atoms with Gasteiger partial charge >= 0.3 is 0 Å². The van der Waals surface area contributed by atoms with Crippen LogP contribution in [0.5, 0.6) is 5.75 Å². The number of benzene rings is 1. The Morgan fingerprint density at radius 1 is 1.16 bits per heavy atom. The fourth-order valence-corrected chi connectivity index (χ4v) is 2.75. The first-order chi connectivity index (χ1) is 9.10. The van der Waals surface area contributed by atoms with Crippen LogP contribution in [0.1, 0.15) is 39.7 Å². The van der Waals surface area contributed by atoms with E-state index in [9.17, 15) is 0 Å². The molecule has 0 aliphatic carbocycles. The quantitative estimate of drug-likeness (QED) is 0.768. The predicted molar refractivity (Wildman–Crippen MR) is 82.8 cm³/mol. The largest absolute Gasteiger partial charge is 0.496 e. The molecule has 0 amide bonds. The summed E-state index contributed by atoms with van der Waals surface area (Å²) in [6, 6.07) is 8.90. The lowest BCUT2D eigenvalue weighted by Gasteiger charge is -2.29. The van der Waals surface area contributed by atoms with Crippen LogP contribution < -0.4 is 10.1 Å². The van der Waals surface area contributed by atoms with Gasteiger partial charge in [-0.1, -0.05) is 45.9 Å². The molecule has 1 aromatic carbocycles. The molecule has 2 unspecified atom stereocenters. The predicted octanol–water partition coefficient (Wildman–Crippen LogP) is 3.90. The maximum Gasteiger partial charge on any atom is 0.122 e. The summed E-state index contributed by atoms with van der Waals surface area (Å²) < 4.78 is 5.45. The Balaban J connectivity index is 2.72. The van der Waals surface area contributed by atoms with Gasteiger partial charge in [0.1, 0.15) is 5.75 Å². The SMILES string of the molecule is CCCNC(C(C)C)C(C)Cc1ccccc1OC. The van der Waals surface area contributed by atoms with E-state index >= 15 is 0 Å². The number of methoxy groups -OCH3 is 1. The molecular weight excluding hydrogens is 234 g/mol. The van der Waals surface area contributed by atoms with E-state index in [0.29, 0.717) is 17.9 Å². The number of ether oxygens (including phenoxy) is 1. The van der Waals surface area contributed by atoms with E-state index in [2.05, 4.69) is 45.1 Å². The Hall–Kier alpha value is -1.02. The Bertz CT molecular complexity index is 362. The molecule has 1 aromatic rings. The normalized spacial score (nSPS) is 14.4. The summed E-state index contributed by atoms with van der Waals surface area (Å²) >= 11 is 0. The van der Waals surface area contributed by atoms with Crippen molar-refractivity contribution in [2.24, 2.45) is 11.8 Å². The van der Waals surface area contributed by atoms with E-state index in [1.54, 1.807) is 7.11 Å². The first-order valence-corrected chi connectivity index (χ1v) is 7.45. The van der Waals surface area contributed by atoms with Crippen molar-refractivity contribution in [3.63, 3.8) is 0 Å². The number of hydrogen-bond acceptors (Lipinski definition) is 2. The molecule has 2 atom stereocenters. The molecular formula is C17H29NO. The van der Waals surface area contributed by atoms with Crippen LogP contribution in [0.4, 0.5) is 0 Å².